The zero-order valence-electron chi connectivity index (χ0n) is 18.9. The molecular formula is C26H21Cl2N3O3S. The van der Waals surface area contributed by atoms with Crippen LogP contribution in [0.3, 0.4) is 0 Å². The van der Waals surface area contributed by atoms with Crippen molar-refractivity contribution in [2.75, 3.05) is 19.1 Å². The van der Waals surface area contributed by atoms with E-state index in [1.54, 1.807) is 26.5 Å². The minimum atomic E-state index is -0.370. The molecule has 6 nitrogen and oxygen atoms in total. The van der Waals surface area contributed by atoms with E-state index in [4.69, 9.17) is 49.3 Å². The Morgan fingerprint density at radius 1 is 1.00 bits per heavy atom. The molecule has 1 saturated heterocycles. The Labute approximate surface area is 218 Å². The molecule has 9 heteroatoms. The number of hydrogen-bond acceptors (Lipinski definition) is 5. The molecule has 35 heavy (non-hydrogen) atoms. The number of rotatable bonds is 6. The number of benzene rings is 2. The lowest BCUT2D eigenvalue weighted by Gasteiger charge is -2.27. The fourth-order valence-corrected chi connectivity index (χ4v) is 4.97. The van der Waals surface area contributed by atoms with Gasteiger partial charge >= 0.3 is 0 Å². The first-order valence-corrected chi connectivity index (χ1v) is 11.9. The van der Waals surface area contributed by atoms with Crippen LogP contribution in [0.2, 0.25) is 10.0 Å². The van der Waals surface area contributed by atoms with Gasteiger partial charge in [0.15, 0.2) is 5.11 Å². The van der Waals surface area contributed by atoms with Crippen molar-refractivity contribution in [2.45, 2.75) is 12.1 Å². The van der Waals surface area contributed by atoms with Gasteiger partial charge in [-0.25, -0.2) is 0 Å². The molecule has 0 saturated carbocycles. The van der Waals surface area contributed by atoms with E-state index in [0.29, 0.717) is 43.7 Å². The smallest absolute Gasteiger partial charge is 0.174 e. The highest BCUT2D eigenvalue weighted by Crippen LogP contribution is 2.47. The Bertz CT molecular complexity index is 1380. The van der Waals surface area contributed by atoms with Gasteiger partial charge in [-0.3, -0.25) is 4.98 Å². The van der Waals surface area contributed by atoms with Gasteiger partial charge in [-0.15, -0.1) is 0 Å². The summed E-state index contributed by atoms with van der Waals surface area (Å²) in [4.78, 5) is 6.55. The van der Waals surface area contributed by atoms with Gasteiger partial charge < -0.3 is 24.1 Å². The van der Waals surface area contributed by atoms with E-state index in [1.807, 2.05) is 65.6 Å². The van der Waals surface area contributed by atoms with Crippen LogP contribution in [-0.2, 0) is 0 Å². The third-order valence-corrected chi connectivity index (χ3v) is 7.01. The largest absolute Gasteiger partial charge is 0.497 e. The maximum absolute atomic E-state index is 6.47. The zero-order chi connectivity index (χ0) is 24.5. The molecule has 2 aromatic carbocycles. The fraction of sp³-hybridized carbons (Fsp3) is 0.154. The second-order valence-corrected chi connectivity index (χ2v) is 9.01. The standard InChI is InChI=1S/C26H21Cl2N3O3S/c1-32-15-9-10-21(33-2)19(14-15)31-25(24(30-26(31)35)18-8-3-4-13-29-18)22-12-11-20(34-22)16-6-5-7-17(27)23(16)28/h3-14,24-25H,1-2H3,(H,30,35)/t24-,25-/m1/s1. The van der Waals surface area contributed by atoms with Crippen LogP contribution in [0.5, 0.6) is 11.5 Å². The van der Waals surface area contributed by atoms with Crippen molar-refractivity contribution in [3.8, 4) is 22.8 Å². The third-order valence-electron chi connectivity index (χ3n) is 5.88. The molecule has 2 atom stereocenters. The SMILES string of the molecule is COc1ccc(OC)c(N2C(=S)N[C@H](c3ccccn3)[C@H]2c2ccc(-c3cccc(Cl)c3Cl)o2)c1. The minimum absolute atomic E-state index is 0.284. The monoisotopic (exact) mass is 525 g/mol. The molecule has 3 heterocycles. The van der Waals surface area contributed by atoms with E-state index < -0.39 is 0 Å². The van der Waals surface area contributed by atoms with Gasteiger partial charge in [0.05, 0.1) is 41.7 Å². The summed E-state index contributed by atoms with van der Waals surface area (Å²) in [6.07, 6.45) is 1.76. The van der Waals surface area contributed by atoms with Crippen LogP contribution in [0.4, 0.5) is 5.69 Å². The van der Waals surface area contributed by atoms with Gasteiger partial charge in [-0.05, 0) is 60.7 Å². The van der Waals surface area contributed by atoms with Crippen molar-refractivity contribution in [1.29, 1.82) is 0 Å². The number of nitrogens with one attached hydrogen (secondary N) is 1. The van der Waals surface area contributed by atoms with Crippen LogP contribution in [0, 0.1) is 0 Å². The van der Waals surface area contributed by atoms with E-state index in [2.05, 4.69) is 10.3 Å². The van der Waals surface area contributed by atoms with Crippen molar-refractivity contribution < 1.29 is 13.9 Å². The van der Waals surface area contributed by atoms with Crippen LogP contribution < -0.4 is 19.7 Å². The highest BCUT2D eigenvalue weighted by Gasteiger charge is 2.43. The average Bonchev–Trinajstić information content (AvgIpc) is 3.50. The Balaban J connectivity index is 1.65. The summed E-state index contributed by atoms with van der Waals surface area (Å²) in [5, 5.41) is 4.82. The number of halogens is 2. The molecular weight excluding hydrogens is 505 g/mol. The summed E-state index contributed by atoms with van der Waals surface area (Å²) < 4.78 is 17.5. The molecule has 2 aromatic heterocycles. The predicted molar refractivity (Wildman–Crippen MR) is 142 cm³/mol. The van der Waals surface area contributed by atoms with Gasteiger partial charge in [0.2, 0.25) is 0 Å². The van der Waals surface area contributed by atoms with Gasteiger partial charge in [-0.1, -0.05) is 35.3 Å². The molecule has 0 radical (unpaired) electrons. The van der Waals surface area contributed by atoms with Crippen molar-refractivity contribution in [3.05, 3.63) is 94.4 Å². The molecule has 1 N–H and O–H groups in total. The van der Waals surface area contributed by atoms with Gasteiger partial charge in [0.1, 0.15) is 29.1 Å². The lowest BCUT2D eigenvalue weighted by Crippen LogP contribution is -2.29. The molecule has 4 aromatic rings. The number of aromatic nitrogens is 1. The van der Waals surface area contributed by atoms with Crippen LogP contribution >= 0.6 is 35.4 Å². The number of methoxy groups -OCH3 is 2. The molecule has 1 aliphatic rings. The van der Waals surface area contributed by atoms with Crippen molar-refractivity contribution >= 4 is 46.2 Å². The molecule has 5 rings (SSSR count). The first-order chi connectivity index (χ1) is 17.0. The normalized spacial score (nSPS) is 17.4. The number of anilines is 1. The molecule has 0 unspecified atom stereocenters. The predicted octanol–water partition coefficient (Wildman–Crippen LogP) is 6.84. The van der Waals surface area contributed by atoms with Gasteiger partial charge in [0, 0.05) is 17.8 Å². The Hall–Kier alpha value is -3.26. The Morgan fingerprint density at radius 2 is 1.86 bits per heavy atom. The lowest BCUT2D eigenvalue weighted by atomic mass is 10.0. The highest BCUT2D eigenvalue weighted by atomic mass is 35.5. The van der Waals surface area contributed by atoms with E-state index in [-0.39, 0.29) is 12.1 Å². The molecule has 0 amide bonds. The third kappa shape index (κ3) is 4.31. The zero-order valence-corrected chi connectivity index (χ0v) is 21.2. The van der Waals surface area contributed by atoms with Gasteiger partial charge in [0.25, 0.3) is 0 Å². The van der Waals surface area contributed by atoms with E-state index in [0.717, 1.165) is 11.4 Å². The summed E-state index contributed by atoms with van der Waals surface area (Å²) in [5.41, 5.74) is 2.27. The molecule has 0 aliphatic carbocycles. The quantitative estimate of drug-likeness (QED) is 0.276. The number of furan rings is 1. The summed E-state index contributed by atoms with van der Waals surface area (Å²) in [5.74, 6) is 2.59. The number of hydrogen-bond donors (Lipinski definition) is 1. The van der Waals surface area contributed by atoms with Crippen LogP contribution in [0.15, 0.2) is 77.3 Å². The summed E-state index contributed by atoms with van der Waals surface area (Å²) >= 11 is 18.5. The fourth-order valence-electron chi connectivity index (χ4n) is 4.24. The van der Waals surface area contributed by atoms with Crippen LogP contribution in [0.25, 0.3) is 11.3 Å². The summed E-state index contributed by atoms with van der Waals surface area (Å²) in [6, 6.07) is 19.9. The number of pyridine rings is 1. The van der Waals surface area contributed by atoms with Crippen LogP contribution in [-0.4, -0.2) is 24.3 Å². The molecule has 178 valence electrons. The maximum Gasteiger partial charge on any atom is 0.174 e. The molecule has 0 bridgehead atoms. The van der Waals surface area contributed by atoms with E-state index >= 15 is 0 Å². The average molecular weight is 526 g/mol. The second kappa shape index (κ2) is 9.77. The highest BCUT2D eigenvalue weighted by molar-refractivity contribution is 7.80. The minimum Gasteiger partial charge on any atom is -0.497 e. The van der Waals surface area contributed by atoms with Crippen molar-refractivity contribution in [3.63, 3.8) is 0 Å². The Kier molecular flexibility index (Phi) is 6.56. The number of ether oxygens (including phenoxy) is 2. The van der Waals surface area contributed by atoms with E-state index in [1.165, 1.54) is 0 Å². The summed E-state index contributed by atoms with van der Waals surface area (Å²) in [7, 11) is 3.24. The first kappa shape index (κ1) is 23.5. The topological polar surface area (TPSA) is 59.8 Å². The van der Waals surface area contributed by atoms with Gasteiger partial charge in [-0.2, -0.15) is 0 Å². The molecule has 0 spiro atoms. The lowest BCUT2D eigenvalue weighted by molar-refractivity contribution is 0.400. The first-order valence-electron chi connectivity index (χ1n) is 10.8. The Morgan fingerprint density at radius 3 is 2.60 bits per heavy atom. The number of thiocarbonyl (C=S) groups is 1. The van der Waals surface area contributed by atoms with E-state index in [9.17, 15) is 0 Å². The molecule has 1 fully saturated rings. The maximum atomic E-state index is 6.47. The second-order valence-electron chi connectivity index (χ2n) is 7.84. The summed E-state index contributed by atoms with van der Waals surface area (Å²) in [6.45, 7) is 0. The van der Waals surface area contributed by atoms with Crippen molar-refractivity contribution in [2.24, 2.45) is 0 Å². The van der Waals surface area contributed by atoms with Crippen molar-refractivity contribution in [1.82, 2.24) is 10.3 Å². The molecule has 1 aliphatic heterocycles. The van der Waals surface area contributed by atoms with Crippen LogP contribution in [0.1, 0.15) is 23.5 Å². The number of nitrogens with zero attached hydrogens (tertiary/aromatic N) is 2.